The van der Waals surface area contributed by atoms with Gasteiger partial charge in [0.25, 0.3) is 5.91 Å². The number of aryl methyl sites for hydroxylation is 1. The van der Waals surface area contributed by atoms with Crippen molar-refractivity contribution in [3.05, 3.63) is 69.7 Å². The first-order valence-electron chi connectivity index (χ1n) is 7.35. The molecule has 124 valence electrons. The van der Waals surface area contributed by atoms with E-state index < -0.39 is 5.97 Å². The molecule has 0 aromatic heterocycles. The second-order valence-corrected chi connectivity index (χ2v) is 6.11. The fraction of sp³-hybridized carbons (Fsp3) is 0.167. The third-order valence-corrected chi connectivity index (χ3v) is 3.95. The topological polar surface area (TPSA) is 81.6 Å². The predicted molar refractivity (Wildman–Crippen MR) is 93.6 cm³/mol. The maximum Gasteiger partial charge on any atom is 0.271 e. The lowest BCUT2D eigenvalue weighted by Crippen LogP contribution is -2.24. The lowest BCUT2D eigenvalue weighted by Gasteiger charge is -2.09. The van der Waals surface area contributed by atoms with Crippen molar-refractivity contribution in [3.8, 4) is 0 Å². The second-order valence-electron chi connectivity index (χ2n) is 5.19. The normalized spacial score (nSPS) is 11.2. The van der Waals surface area contributed by atoms with Crippen molar-refractivity contribution < 1.29 is 14.7 Å². The third-order valence-electron chi connectivity index (χ3n) is 3.43. The highest BCUT2D eigenvalue weighted by molar-refractivity contribution is 9.10. The van der Waals surface area contributed by atoms with Crippen LogP contribution in [-0.2, 0) is 4.79 Å². The van der Waals surface area contributed by atoms with E-state index in [1.807, 2.05) is 31.2 Å². The number of hydrazone groups is 1. The van der Waals surface area contributed by atoms with Gasteiger partial charge in [-0.25, -0.2) is 5.43 Å². The maximum atomic E-state index is 12.2. The Kier molecular flexibility index (Phi) is 6.26. The highest BCUT2D eigenvalue weighted by Gasteiger charge is 2.09. The molecule has 5 nitrogen and oxygen atoms in total. The minimum absolute atomic E-state index is 0.165. The first kappa shape index (κ1) is 17.9. The van der Waals surface area contributed by atoms with E-state index in [2.05, 4.69) is 26.5 Å². The van der Waals surface area contributed by atoms with Gasteiger partial charge in [-0.1, -0.05) is 46.3 Å². The number of halogens is 1. The molecule has 0 unspecified atom stereocenters. The number of carboxylic acids is 1. The van der Waals surface area contributed by atoms with Gasteiger partial charge in [-0.05, 0) is 49.1 Å². The number of nitrogens with zero attached hydrogens (tertiary/aromatic N) is 1. The highest BCUT2D eigenvalue weighted by atomic mass is 79.9. The van der Waals surface area contributed by atoms with Crippen molar-refractivity contribution in [2.45, 2.75) is 19.8 Å². The smallest absolute Gasteiger partial charge is 0.271 e. The van der Waals surface area contributed by atoms with Crippen LogP contribution in [0.4, 0.5) is 0 Å². The number of amides is 1. The number of nitrogens with one attached hydrogen (secondary N) is 1. The van der Waals surface area contributed by atoms with Gasteiger partial charge in [-0.2, -0.15) is 5.10 Å². The number of carbonyl (C=O) groups is 2. The van der Waals surface area contributed by atoms with Gasteiger partial charge in [0.1, 0.15) is 0 Å². The van der Waals surface area contributed by atoms with E-state index in [4.69, 9.17) is 0 Å². The summed E-state index contributed by atoms with van der Waals surface area (Å²) in [5.41, 5.74) is 5.08. The number of aliphatic carboxylic acids is 1. The molecule has 0 aliphatic rings. The van der Waals surface area contributed by atoms with Crippen LogP contribution in [0, 0.1) is 6.92 Å². The number of hydrogen-bond donors (Lipinski definition) is 1. The van der Waals surface area contributed by atoms with Gasteiger partial charge in [0, 0.05) is 16.0 Å². The second kappa shape index (κ2) is 8.40. The number of rotatable bonds is 6. The zero-order valence-corrected chi connectivity index (χ0v) is 14.7. The summed E-state index contributed by atoms with van der Waals surface area (Å²) >= 11 is 3.34. The average Bonchev–Trinajstić information content (AvgIpc) is 2.56. The van der Waals surface area contributed by atoms with E-state index in [1.54, 1.807) is 24.3 Å². The number of carbonyl (C=O) groups excluding carboxylic acids is 2. The van der Waals surface area contributed by atoms with Crippen molar-refractivity contribution in [3.63, 3.8) is 0 Å². The summed E-state index contributed by atoms with van der Waals surface area (Å²) in [6, 6.07) is 14.4. The van der Waals surface area contributed by atoms with E-state index in [0.29, 0.717) is 11.3 Å². The Morgan fingerprint density at radius 2 is 1.75 bits per heavy atom. The summed E-state index contributed by atoms with van der Waals surface area (Å²) in [5, 5.41) is 14.9. The Balaban J connectivity index is 2.21. The lowest BCUT2D eigenvalue weighted by atomic mass is 10.1. The third kappa shape index (κ3) is 5.03. The van der Waals surface area contributed by atoms with E-state index in [0.717, 1.165) is 15.6 Å². The van der Waals surface area contributed by atoms with E-state index in [1.165, 1.54) is 0 Å². The van der Waals surface area contributed by atoms with Crippen LogP contribution in [0.1, 0.15) is 34.3 Å². The molecule has 2 aromatic rings. The Morgan fingerprint density at radius 1 is 1.08 bits per heavy atom. The lowest BCUT2D eigenvalue weighted by molar-refractivity contribution is -0.305. The van der Waals surface area contributed by atoms with Crippen LogP contribution < -0.4 is 10.5 Å². The maximum absolute atomic E-state index is 12.2. The van der Waals surface area contributed by atoms with Crippen LogP contribution >= 0.6 is 15.9 Å². The first-order chi connectivity index (χ1) is 11.5. The molecular weight excluding hydrogens is 372 g/mol. The van der Waals surface area contributed by atoms with Gasteiger partial charge < -0.3 is 9.90 Å². The number of carboxylic acid groups (broad SMARTS) is 1. The minimum atomic E-state index is -1.16. The Hall–Kier alpha value is -2.47. The fourth-order valence-electron chi connectivity index (χ4n) is 2.13. The molecule has 0 saturated carbocycles. The molecule has 0 aliphatic carbocycles. The van der Waals surface area contributed by atoms with E-state index >= 15 is 0 Å². The van der Waals surface area contributed by atoms with Crippen molar-refractivity contribution in [1.82, 2.24) is 5.43 Å². The Labute approximate surface area is 148 Å². The van der Waals surface area contributed by atoms with Crippen LogP contribution in [0.25, 0.3) is 0 Å². The largest absolute Gasteiger partial charge is 0.550 e. The SMILES string of the molecule is Cc1ccccc1C(=O)N/N=C(/CCC(=O)[O-])c1ccc(Br)cc1. The first-order valence-corrected chi connectivity index (χ1v) is 8.15. The average molecular weight is 388 g/mol. The number of benzene rings is 2. The molecule has 0 radical (unpaired) electrons. The van der Waals surface area contributed by atoms with E-state index in [-0.39, 0.29) is 18.7 Å². The summed E-state index contributed by atoms with van der Waals surface area (Å²) in [6.45, 7) is 1.84. The quantitative estimate of drug-likeness (QED) is 0.610. The highest BCUT2D eigenvalue weighted by Crippen LogP contribution is 2.13. The summed E-state index contributed by atoms with van der Waals surface area (Å²) < 4.78 is 0.898. The van der Waals surface area contributed by atoms with Crippen LogP contribution in [0.2, 0.25) is 0 Å². The van der Waals surface area contributed by atoms with Gasteiger partial charge in [0.15, 0.2) is 0 Å². The van der Waals surface area contributed by atoms with Crippen LogP contribution in [0.15, 0.2) is 58.1 Å². The zero-order chi connectivity index (χ0) is 17.5. The van der Waals surface area contributed by atoms with Gasteiger partial charge in [-0.15, -0.1) is 0 Å². The summed E-state index contributed by atoms with van der Waals surface area (Å²) in [4.78, 5) is 23.0. The van der Waals surface area contributed by atoms with Crippen molar-refractivity contribution in [2.75, 3.05) is 0 Å². The fourth-order valence-corrected chi connectivity index (χ4v) is 2.40. The molecule has 6 heteroatoms. The zero-order valence-electron chi connectivity index (χ0n) is 13.1. The number of hydrogen-bond acceptors (Lipinski definition) is 4. The molecule has 0 aliphatic heterocycles. The van der Waals surface area contributed by atoms with Gasteiger partial charge in [-0.3, -0.25) is 4.79 Å². The molecular formula is C18H16BrN2O3-. The summed E-state index contributed by atoms with van der Waals surface area (Å²) in [6.07, 6.45) is -0.00680. The van der Waals surface area contributed by atoms with Crippen LogP contribution in [0.5, 0.6) is 0 Å². The molecule has 24 heavy (non-hydrogen) atoms. The summed E-state index contributed by atoms with van der Waals surface area (Å²) in [5.74, 6) is -1.50. The molecule has 0 bridgehead atoms. The molecule has 0 fully saturated rings. The van der Waals surface area contributed by atoms with Gasteiger partial charge >= 0.3 is 0 Å². The molecule has 0 saturated heterocycles. The summed E-state index contributed by atoms with van der Waals surface area (Å²) in [7, 11) is 0. The van der Waals surface area contributed by atoms with Crippen molar-refractivity contribution in [1.29, 1.82) is 0 Å². The molecule has 1 amide bonds. The molecule has 1 N–H and O–H groups in total. The molecule has 2 aromatic carbocycles. The molecule has 2 rings (SSSR count). The molecule has 0 heterocycles. The predicted octanol–water partition coefficient (Wildman–Crippen LogP) is 2.42. The molecule has 0 atom stereocenters. The van der Waals surface area contributed by atoms with Gasteiger partial charge in [0.05, 0.1) is 5.71 Å². The van der Waals surface area contributed by atoms with Crippen LogP contribution in [-0.4, -0.2) is 17.6 Å². The Morgan fingerprint density at radius 3 is 2.38 bits per heavy atom. The van der Waals surface area contributed by atoms with E-state index in [9.17, 15) is 14.7 Å². The molecule has 0 spiro atoms. The van der Waals surface area contributed by atoms with Crippen LogP contribution in [0.3, 0.4) is 0 Å². The standard InChI is InChI=1S/C18H17BrN2O3/c1-12-4-2-3-5-15(12)18(24)21-20-16(10-11-17(22)23)13-6-8-14(19)9-7-13/h2-9H,10-11H2,1H3,(H,21,24)(H,22,23)/p-1/b20-16-. The minimum Gasteiger partial charge on any atom is -0.550 e. The van der Waals surface area contributed by atoms with Crippen molar-refractivity contribution >= 4 is 33.5 Å². The van der Waals surface area contributed by atoms with Crippen molar-refractivity contribution in [2.24, 2.45) is 5.10 Å². The Bertz CT molecular complexity index is 770. The monoisotopic (exact) mass is 387 g/mol. The van der Waals surface area contributed by atoms with Gasteiger partial charge in [0.2, 0.25) is 0 Å².